The average molecular weight is 274 g/mol. The van der Waals surface area contributed by atoms with Crippen molar-refractivity contribution in [2.45, 2.75) is 33.2 Å². The SMILES string of the molecule is C=CCn1c(=NC(=O)CCC)sc2cccc(C)c21. The van der Waals surface area contributed by atoms with Gasteiger partial charge in [-0.05, 0) is 25.0 Å². The van der Waals surface area contributed by atoms with Crippen molar-refractivity contribution >= 4 is 27.5 Å². The molecule has 1 heterocycles. The van der Waals surface area contributed by atoms with Crippen molar-refractivity contribution in [3.8, 4) is 0 Å². The number of rotatable bonds is 4. The Morgan fingerprint density at radius 3 is 3.00 bits per heavy atom. The van der Waals surface area contributed by atoms with Gasteiger partial charge in [-0.15, -0.1) is 6.58 Å². The lowest BCUT2D eigenvalue weighted by Gasteiger charge is -2.03. The number of carbonyl (C=O) groups excluding carboxylic acids is 1. The summed E-state index contributed by atoms with van der Waals surface area (Å²) in [6, 6.07) is 6.17. The first kappa shape index (κ1) is 13.7. The lowest BCUT2D eigenvalue weighted by molar-refractivity contribution is -0.118. The van der Waals surface area contributed by atoms with E-state index in [0.717, 1.165) is 21.4 Å². The smallest absolute Gasteiger partial charge is 0.248 e. The number of nitrogens with zero attached hydrogens (tertiary/aromatic N) is 2. The van der Waals surface area contributed by atoms with Gasteiger partial charge in [-0.25, -0.2) is 0 Å². The molecule has 19 heavy (non-hydrogen) atoms. The Morgan fingerprint density at radius 2 is 2.32 bits per heavy atom. The summed E-state index contributed by atoms with van der Waals surface area (Å²) in [5, 5.41) is 0. The Labute approximate surface area is 116 Å². The fourth-order valence-corrected chi connectivity index (χ4v) is 3.20. The zero-order valence-electron chi connectivity index (χ0n) is 11.3. The van der Waals surface area contributed by atoms with Gasteiger partial charge in [-0.1, -0.05) is 36.5 Å². The van der Waals surface area contributed by atoms with Gasteiger partial charge in [0.05, 0.1) is 10.2 Å². The van der Waals surface area contributed by atoms with Gasteiger partial charge < -0.3 is 4.57 Å². The third kappa shape index (κ3) is 2.84. The minimum Gasteiger partial charge on any atom is -0.312 e. The Balaban J connectivity index is 2.67. The Bertz CT molecular complexity index is 679. The van der Waals surface area contributed by atoms with Crippen LogP contribution in [0.2, 0.25) is 0 Å². The number of aromatic nitrogens is 1. The molecule has 0 saturated heterocycles. The summed E-state index contributed by atoms with van der Waals surface area (Å²) in [5.74, 6) is -0.0514. The molecule has 0 aliphatic rings. The molecule has 0 spiro atoms. The molecule has 2 rings (SSSR count). The molecule has 100 valence electrons. The third-order valence-electron chi connectivity index (χ3n) is 2.90. The maximum Gasteiger partial charge on any atom is 0.248 e. The normalized spacial score (nSPS) is 12.0. The molecule has 2 aromatic rings. The monoisotopic (exact) mass is 274 g/mol. The number of aryl methyl sites for hydroxylation is 1. The van der Waals surface area contributed by atoms with Gasteiger partial charge in [-0.2, -0.15) is 4.99 Å². The largest absolute Gasteiger partial charge is 0.312 e. The number of fused-ring (bicyclic) bond motifs is 1. The molecule has 4 heteroatoms. The summed E-state index contributed by atoms with van der Waals surface area (Å²) in [7, 11) is 0. The van der Waals surface area contributed by atoms with Gasteiger partial charge in [0, 0.05) is 13.0 Å². The van der Waals surface area contributed by atoms with Crippen molar-refractivity contribution in [3.05, 3.63) is 41.2 Å². The minimum absolute atomic E-state index is 0.0514. The van der Waals surface area contributed by atoms with Crippen molar-refractivity contribution in [2.24, 2.45) is 4.99 Å². The van der Waals surface area contributed by atoms with E-state index in [2.05, 4.69) is 35.2 Å². The van der Waals surface area contributed by atoms with Crippen molar-refractivity contribution in [2.75, 3.05) is 0 Å². The van der Waals surface area contributed by atoms with Gasteiger partial charge in [0.15, 0.2) is 4.80 Å². The third-order valence-corrected chi connectivity index (χ3v) is 3.94. The molecular formula is C15H18N2OS. The van der Waals surface area contributed by atoms with Crippen LogP contribution >= 0.6 is 11.3 Å². The summed E-state index contributed by atoms with van der Waals surface area (Å²) in [6.07, 6.45) is 3.16. The number of hydrogen-bond acceptors (Lipinski definition) is 2. The number of benzene rings is 1. The molecular weight excluding hydrogens is 256 g/mol. The Morgan fingerprint density at radius 1 is 1.53 bits per heavy atom. The number of para-hydroxylation sites is 1. The van der Waals surface area contributed by atoms with Crippen LogP contribution in [-0.2, 0) is 11.3 Å². The van der Waals surface area contributed by atoms with E-state index in [1.54, 1.807) is 11.3 Å². The summed E-state index contributed by atoms with van der Waals surface area (Å²) in [4.78, 5) is 16.7. The second-order valence-electron chi connectivity index (χ2n) is 4.46. The van der Waals surface area contributed by atoms with Crippen LogP contribution < -0.4 is 4.80 Å². The molecule has 0 radical (unpaired) electrons. The summed E-state index contributed by atoms with van der Waals surface area (Å²) in [5.41, 5.74) is 2.34. The number of allylic oxidation sites excluding steroid dienone is 1. The minimum atomic E-state index is -0.0514. The highest BCUT2D eigenvalue weighted by Crippen LogP contribution is 2.20. The molecule has 1 aromatic heterocycles. The fourth-order valence-electron chi connectivity index (χ4n) is 2.07. The van der Waals surface area contributed by atoms with Crippen molar-refractivity contribution in [3.63, 3.8) is 0 Å². The first-order valence-electron chi connectivity index (χ1n) is 6.44. The van der Waals surface area contributed by atoms with Crippen LogP contribution in [0.4, 0.5) is 0 Å². The van der Waals surface area contributed by atoms with Crippen molar-refractivity contribution < 1.29 is 4.79 Å². The van der Waals surface area contributed by atoms with E-state index < -0.39 is 0 Å². The van der Waals surface area contributed by atoms with Gasteiger partial charge >= 0.3 is 0 Å². The van der Waals surface area contributed by atoms with Gasteiger partial charge in [0.2, 0.25) is 5.91 Å². The van der Waals surface area contributed by atoms with Gasteiger partial charge in [-0.3, -0.25) is 4.79 Å². The Kier molecular flexibility index (Phi) is 4.32. The molecule has 0 aliphatic heterocycles. The number of carbonyl (C=O) groups is 1. The maximum absolute atomic E-state index is 11.7. The van der Waals surface area contributed by atoms with Crippen LogP contribution in [0.1, 0.15) is 25.3 Å². The summed E-state index contributed by atoms with van der Waals surface area (Å²) < 4.78 is 3.22. The quantitative estimate of drug-likeness (QED) is 0.787. The van der Waals surface area contributed by atoms with E-state index in [4.69, 9.17) is 0 Å². The number of hydrogen-bond donors (Lipinski definition) is 0. The predicted molar refractivity (Wildman–Crippen MR) is 80.2 cm³/mol. The van der Waals surface area contributed by atoms with Crippen LogP contribution in [-0.4, -0.2) is 10.5 Å². The van der Waals surface area contributed by atoms with Crippen molar-refractivity contribution in [1.82, 2.24) is 4.57 Å². The number of amides is 1. The maximum atomic E-state index is 11.7. The molecule has 0 fully saturated rings. The second kappa shape index (κ2) is 5.97. The van der Waals surface area contributed by atoms with Gasteiger partial charge in [0.1, 0.15) is 0 Å². The van der Waals surface area contributed by atoms with E-state index >= 15 is 0 Å². The van der Waals surface area contributed by atoms with Crippen LogP contribution in [0.5, 0.6) is 0 Å². The molecule has 0 unspecified atom stereocenters. The van der Waals surface area contributed by atoms with E-state index in [0.29, 0.717) is 13.0 Å². The molecule has 0 aliphatic carbocycles. The Hall–Kier alpha value is -1.68. The molecule has 0 atom stereocenters. The summed E-state index contributed by atoms with van der Waals surface area (Å²) >= 11 is 1.56. The van der Waals surface area contributed by atoms with Crippen LogP contribution in [0, 0.1) is 6.92 Å². The standard InChI is InChI=1S/C15H18N2OS/c1-4-7-13(18)16-15-17(10-5-2)14-11(3)8-6-9-12(14)19-15/h5-6,8-9H,2,4,7,10H2,1,3H3. The predicted octanol–water partition coefficient (Wildman–Crippen LogP) is 3.42. The van der Waals surface area contributed by atoms with E-state index in [1.165, 1.54) is 5.56 Å². The highest BCUT2D eigenvalue weighted by atomic mass is 32.1. The summed E-state index contributed by atoms with van der Waals surface area (Å²) in [6.45, 7) is 8.52. The molecule has 0 bridgehead atoms. The lowest BCUT2D eigenvalue weighted by atomic mass is 10.2. The topological polar surface area (TPSA) is 34.4 Å². The van der Waals surface area contributed by atoms with Gasteiger partial charge in [0.25, 0.3) is 0 Å². The molecule has 0 N–H and O–H groups in total. The van der Waals surface area contributed by atoms with Crippen LogP contribution in [0.25, 0.3) is 10.2 Å². The molecule has 1 amide bonds. The van der Waals surface area contributed by atoms with Crippen LogP contribution in [0.15, 0.2) is 35.8 Å². The van der Waals surface area contributed by atoms with Crippen LogP contribution in [0.3, 0.4) is 0 Å². The number of thiazole rings is 1. The van der Waals surface area contributed by atoms with E-state index in [1.807, 2.05) is 19.1 Å². The molecule has 0 saturated carbocycles. The van der Waals surface area contributed by atoms with E-state index in [9.17, 15) is 4.79 Å². The molecule has 3 nitrogen and oxygen atoms in total. The fraction of sp³-hybridized carbons (Fsp3) is 0.333. The van der Waals surface area contributed by atoms with E-state index in [-0.39, 0.29) is 5.91 Å². The zero-order valence-corrected chi connectivity index (χ0v) is 12.2. The lowest BCUT2D eigenvalue weighted by Crippen LogP contribution is -2.16. The van der Waals surface area contributed by atoms with Crippen molar-refractivity contribution in [1.29, 1.82) is 0 Å². The highest BCUT2D eigenvalue weighted by molar-refractivity contribution is 7.16. The highest BCUT2D eigenvalue weighted by Gasteiger charge is 2.08. The first-order chi connectivity index (χ1) is 9.17. The second-order valence-corrected chi connectivity index (χ2v) is 5.47. The zero-order chi connectivity index (χ0) is 13.8. The first-order valence-corrected chi connectivity index (χ1v) is 7.26. The average Bonchev–Trinajstić information content (AvgIpc) is 2.69. The molecule has 1 aromatic carbocycles.